The van der Waals surface area contributed by atoms with Crippen molar-refractivity contribution in [1.29, 1.82) is 0 Å². The van der Waals surface area contributed by atoms with Crippen molar-refractivity contribution in [2.45, 2.75) is 5.92 Å². The molecule has 0 fully saturated rings. The number of rotatable bonds is 3. The van der Waals surface area contributed by atoms with Gasteiger partial charge in [-0.25, -0.2) is 4.52 Å². The molecule has 6 heteroatoms. The predicted octanol–water partition coefficient (Wildman–Crippen LogP) is 0.764. The van der Waals surface area contributed by atoms with Crippen LogP contribution in [0.4, 0.5) is 0 Å². The molecular weight excluding hydrogens is 236 g/mol. The Morgan fingerprint density at radius 1 is 1.22 bits per heavy atom. The minimum Gasteiger partial charge on any atom is -0.468 e. The highest BCUT2D eigenvalue weighted by molar-refractivity contribution is 6.00. The van der Waals surface area contributed by atoms with Crippen LogP contribution < -0.4 is 0 Å². The third-order valence-electron chi connectivity index (χ3n) is 2.63. The van der Waals surface area contributed by atoms with Crippen molar-refractivity contribution >= 4 is 17.5 Å². The fraction of sp³-hybridized carbons (Fsp3) is 0.250. The highest BCUT2D eigenvalue weighted by Crippen LogP contribution is 2.20. The first-order valence-electron chi connectivity index (χ1n) is 5.26. The van der Waals surface area contributed by atoms with E-state index in [1.165, 1.54) is 14.2 Å². The predicted molar refractivity (Wildman–Crippen MR) is 62.0 cm³/mol. The maximum absolute atomic E-state index is 11.6. The van der Waals surface area contributed by atoms with E-state index in [4.69, 9.17) is 0 Å². The van der Waals surface area contributed by atoms with Crippen LogP contribution in [0.15, 0.2) is 30.6 Å². The fourth-order valence-corrected chi connectivity index (χ4v) is 1.72. The monoisotopic (exact) mass is 248 g/mol. The van der Waals surface area contributed by atoms with Crippen molar-refractivity contribution in [3.8, 4) is 0 Å². The van der Waals surface area contributed by atoms with E-state index in [1.807, 2.05) is 0 Å². The van der Waals surface area contributed by atoms with E-state index in [9.17, 15) is 9.59 Å². The summed E-state index contributed by atoms with van der Waals surface area (Å²) in [6.07, 6.45) is 3.30. The lowest BCUT2D eigenvalue weighted by Crippen LogP contribution is -2.24. The third-order valence-corrected chi connectivity index (χ3v) is 2.63. The highest BCUT2D eigenvalue weighted by atomic mass is 16.5. The van der Waals surface area contributed by atoms with Crippen LogP contribution in [-0.4, -0.2) is 35.8 Å². The molecule has 0 spiro atoms. The van der Waals surface area contributed by atoms with Gasteiger partial charge in [-0.1, -0.05) is 0 Å². The quantitative estimate of drug-likeness (QED) is 0.592. The number of pyridine rings is 1. The summed E-state index contributed by atoms with van der Waals surface area (Å²) in [7, 11) is 2.46. The maximum atomic E-state index is 11.6. The van der Waals surface area contributed by atoms with Crippen LogP contribution in [0.25, 0.3) is 5.52 Å². The summed E-state index contributed by atoms with van der Waals surface area (Å²) in [6, 6.07) is 5.11. The van der Waals surface area contributed by atoms with E-state index < -0.39 is 17.9 Å². The number of nitrogens with zero attached hydrogens (tertiary/aromatic N) is 2. The van der Waals surface area contributed by atoms with Gasteiger partial charge in [0.2, 0.25) is 0 Å². The second-order valence-corrected chi connectivity index (χ2v) is 3.64. The number of carbonyl (C=O) groups is 2. The van der Waals surface area contributed by atoms with Crippen LogP contribution in [0.1, 0.15) is 11.5 Å². The van der Waals surface area contributed by atoms with Crippen LogP contribution in [0.5, 0.6) is 0 Å². The lowest BCUT2D eigenvalue weighted by molar-refractivity contribution is -0.154. The van der Waals surface area contributed by atoms with Gasteiger partial charge in [-0.05, 0) is 23.8 Å². The maximum Gasteiger partial charge on any atom is 0.324 e. The zero-order chi connectivity index (χ0) is 13.1. The first kappa shape index (κ1) is 12.1. The van der Waals surface area contributed by atoms with Gasteiger partial charge < -0.3 is 9.47 Å². The number of aromatic nitrogens is 2. The Labute approximate surface area is 103 Å². The minimum absolute atomic E-state index is 0.515. The Balaban J connectivity index is 2.46. The highest BCUT2D eigenvalue weighted by Gasteiger charge is 2.30. The molecule has 2 aromatic rings. The lowest BCUT2D eigenvalue weighted by Gasteiger charge is -2.12. The molecule has 0 radical (unpaired) electrons. The molecule has 6 nitrogen and oxygen atoms in total. The average Bonchev–Trinajstić information content (AvgIpc) is 2.85. The van der Waals surface area contributed by atoms with Crippen LogP contribution in [0.2, 0.25) is 0 Å². The summed E-state index contributed by atoms with van der Waals surface area (Å²) in [5.74, 6) is -2.36. The molecular formula is C12H12N2O4. The molecule has 0 aliphatic heterocycles. The lowest BCUT2D eigenvalue weighted by atomic mass is 10.0. The number of methoxy groups -OCH3 is 2. The molecule has 2 rings (SSSR count). The van der Waals surface area contributed by atoms with Gasteiger partial charge in [0.1, 0.15) is 0 Å². The number of carbonyl (C=O) groups excluding carboxylic acids is 2. The Hall–Kier alpha value is -2.37. The summed E-state index contributed by atoms with van der Waals surface area (Å²) >= 11 is 0. The molecule has 18 heavy (non-hydrogen) atoms. The van der Waals surface area contributed by atoms with E-state index in [0.29, 0.717) is 5.56 Å². The molecule has 0 saturated carbocycles. The normalized spacial score (nSPS) is 10.6. The Morgan fingerprint density at radius 3 is 2.50 bits per heavy atom. The van der Waals surface area contributed by atoms with Crippen molar-refractivity contribution in [1.82, 2.24) is 9.61 Å². The molecule has 0 aliphatic carbocycles. The number of hydrogen-bond acceptors (Lipinski definition) is 5. The average molecular weight is 248 g/mol. The van der Waals surface area contributed by atoms with Gasteiger partial charge in [-0.2, -0.15) is 5.10 Å². The minimum atomic E-state index is -1.07. The molecule has 0 N–H and O–H groups in total. The Kier molecular flexibility index (Phi) is 3.27. The molecule has 0 aromatic carbocycles. The smallest absolute Gasteiger partial charge is 0.324 e. The number of hydrogen-bond donors (Lipinski definition) is 0. The SMILES string of the molecule is COC(=O)C(C(=O)OC)c1ccn2nccc2c1. The molecule has 0 amide bonds. The van der Waals surface area contributed by atoms with Gasteiger partial charge >= 0.3 is 11.9 Å². The van der Waals surface area contributed by atoms with Gasteiger partial charge in [-0.3, -0.25) is 9.59 Å². The van der Waals surface area contributed by atoms with Gasteiger partial charge in [0.25, 0.3) is 0 Å². The fourth-order valence-electron chi connectivity index (χ4n) is 1.72. The first-order chi connectivity index (χ1) is 8.67. The van der Waals surface area contributed by atoms with Crippen LogP contribution in [-0.2, 0) is 19.1 Å². The van der Waals surface area contributed by atoms with Crippen LogP contribution in [0.3, 0.4) is 0 Å². The number of ether oxygens (including phenoxy) is 2. The van der Waals surface area contributed by atoms with Gasteiger partial charge in [0, 0.05) is 12.4 Å². The first-order valence-corrected chi connectivity index (χ1v) is 5.26. The molecule has 0 aliphatic rings. The van der Waals surface area contributed by atoms with Gasteiger partial charge in [0.15, 0.2) is 5.92 Å². The summed E-state index contributed by atoms with van der Waals surface area (Å²) in [5, 5.41) is 4.03. The van der Waals surface area contributed by atoms with Crippen molar-refractivity contribution in [3.63, 3.8) is 0 Å². The standard InChI is InChI=1S/C12H12N2O4/c1-17-11(15)10(12(16)18-2)8-4-6-14-9(7-8)3-5-13-14/h3-7,10H,1-2H3. The topological polar surface area (TPSA) is 69.9 Å². The van der Waals surface area contributed by atoms with Crippen molar-refractivity contribution in [2.75, 3.05) is 14.2 Å². The van der Waals surface area contributed by atoms with Gasteiger partial charge in [0.05, 0.1) is 19.7 Å². The summed E-state index contributed by atoms with van der Waals surface area (Å²) < 4.78 is 10.9. The van der Waals surface area contributed by atoms with Crippen molar-refractivity contribution < 1.29 is 19.1 Å². The van der Waals surface area contributed by atoms with E-state index in [0.717, 1.165) is 5.52 Å². The number of esters is 2. The molecule has 94 valence electrons. The number of fused-ring (bicyclic) bond motifs is 1. The van der Waals surface area contributed by atoms with Crippen molar-refractivity contribution in [3.05, 3.63) is 36.2 Å². The van der Waals surface area contributed by atoms with E-state index in [1.54, 1.807) is 35.1 Å². The van der Waals surface area contributed by atoms with Crippen LogP contribution in [0, 0.1) is 0 Å². The summed E-state index contributed by atoms with van der Waals surface area (Å²) in [5.41, 5.74) is 1.30. The second-order valence-electron chi connectivity index (χ2n) is 3.64. The molecule has 0 bridgehead atoms. The zero-order valence-electron chi connectivity index (χ0n) is 9.99. The zero-order valence-corrected chi connectivity index (χ0v) is 9.99. The molecule has 2 heterocycles. The molecule has 2 aromatic heterocycles. The molecule has 0 saturated heterocycles. The largest absolute Gasteiger partial charge is 0.468 e. The molecule has 0 atom stereocenters. The van der Waals surface area contributed by atoms with Crippen LogP contribution >= 0.6 is 0 Å². The van der Waals surface area contributed by atoms with Gasteiger partial charge in [-0.15, -0.1) is 0 Å². The Morgan fingerprint density at radius 2 is 1.89 bits per heavy atom. The van der Waals surface area contributed by atoms with E-state index in [-0.39, 0.29) is 0 Å². The summed E-state index contributed by atoms with van der Waals surface area (Å²) in [4.78, 5) is 23.3. The van der Waals surface area contributed by atoms with Crippen molar-refractivity contribution in [2.24, 2.45) is 0 Å². The Bertz CT molecular complexity index is 575. The molecule has 0 unspecified atom stereocenters. The van der Waals surface area contributed by atoms with E-state index in [2.05, 4.69) is 14.6 Å². The summed E-state index contributed by atoms with van der Waals surface area (Å²) in [6.45, 7) is 0. The van der Waals surface area contributed by atoms with E-state index >= 15 is 0 Å². The third kappa shape index (κ3) is 2.04. The second kappa shape index (κ2) is 4.87.